The molecule has 1 aliphatic rings. The number of carbonyl (C=O) groups is 1. The number of rotatable bonds is 7. The standard InChI is InChI=1S/C21H24FN3O5S/c1-15-5-6-19(25(27)28)14-20(15)31(29,30)24-11-8-17(9-12-24)21(26)23-10-7-16-3-2-4-18(22)13-16/h2-6,13-14,17H,7-12H2,1H3,(H,23,26). The van der Waals surface area contributed by atoms with E-state index in [-0.39, 0.29) is 41.3 Å². The van der Waals surface area contributed by atoms with Crippen LogP contribution in [-0.4, -0.2) is 43.2 Å². The molecule has 0 spiro atoms. The Labute approximate surface area is 180 Å². The number of nitro groups is 1. The van der Waals surface area contributed by atoms with Gasteiger partial charge in [-0.05, 0) is 49.4 Å². The minimum Gasteiger partial charge on any atom is -0.356 e. The van der Waals surface area contributed by atoms with Gasteiger partial charge in [-0.1, -0.05) is 18.2 Å². The number of piperidine rings is 1. The van der Waals surface area contributed by atoms with Crippen LogP contribution >= 0.6 is 0 Å². The van der Waals surface area contributed by atoms with Crippen LogP contribution < -0.4 is 5.32 Å². The van der Waals surface area contributed by atoms with Gasteiger partial charge in [0.05, 0.1) is 9.82 Å². The predicted molar refractivity (Wildman–Crippen MR) is 112 cm³/mol. The summed E-state index contributed by atoms with van der Waals surface area (Å²) >= 11 is 0. The van der Waals surface area contributed by atoms with Crippen LogP contribution in [-0.2, 0) is 21.2 Å². The van der Waals surface area contributed by atoms with Crippen LogP contribution in [0.4, 0.5) is 10.1 Å². The first kappa shape index (κ1) is 22.8. The first-order chi connectivity index (χ1) is 14.7. The molecule has 8 nitrogen and oxygen atoms in total. The molecule has 0 unspecified atom stereocenters. The van der Waals surface area contributed by atoms with Crippen LogP contribution in [0.25, 0.3) is 0 Å². The highest BCUT2D eigenvalue weighted by Gasteiger charge is 2.33. The van der Waals surface area contributed by atoms with Gasteiger partial charge in [-0.25, -0.2) is 12.8 Å². The molecule has 10 heteroatoms. The molecule has 3 rings (SSSR count). The Hall–Kier alpha value is -2.85. The molecule has 31 heavy (non-hydrogen) atoms. The summed E-state index contributed by atoms with van der Waals surface area (Å²) in [5.41, 5.74) is 0.938. The highest BCUT2D eigenvalue weighted by atomic mass is 32.2. The van der Waals surface area contributed by atoms with Gasteiger partial charge in [-0.15, -0.1) is 0 Å². The maximum atomic E-state index is 13.2. The summed E-state index contributed by atoms with van der Waals surface area (Å²) in [5.74, 6) is -0.790. The summed E-state index contributed by atoms with van der Waals surface area (Å²) in [4.78, 5) is 22.7. The Bertz CT molecular complexity index is 1080. The van der Waals surface area contributed by atoms with Gasteiger partial charge >= 0.3 is 0 Å². The average molecular weight is 450 g/mol. The number of non-ortho nitro benzene ring substituents is 1. The Morgan fingerprint density at radius 2 is 1.94 bits per heavy atom. The van der Waals surface area contributed by atoms with E-state index < -0.39 is 14.9 Å². The number of carbonyl (C=O) groups excluding carboxylic acids is 1. The zero-order chi connectivity index (χ0) is 22.6. The second-order valence-corrected chi connectivity index (χ2v) is 9.46. The van der Waals surface area contributed by atoms with Gasteiger partial charge in [0, 0.05) is 37.7 Å². The molecular weight excluding hydrogens is 425 g/mol. The number of aryl methyl sites for hydroxylation is 1. The fraction of sp³-hybridized carbons (Fsp3) is 0.381. The molecule has 1 N–H and O–H groups in total. The van der Waals surface area contributed by atoms with E-state index in [0.29, 0.717) is 31.4 Å². The topological polar surface area (TPSA) is 110 Å². The maximum absolute atomic E-state index is 13.2. The summed E-state index contributed by atoms with van der Waals surface area (Å²) in [6.07, 6.45) is 1.22. The zero-order valence-corrected chi connectivity index (χ0v) is 17.9. The van der Waals surface area contributed by atoms with E-state index in [9.17, 15) is 27.7 Å². The van der Waals surface area contributed by atoms with Crippen LogP contribution in [0, 0.1) is 28.8 Å². The minimum atomic E-state index is -3.89. The van der Waals surface area contributed by atoms with E-state index in [2.05, 4.69) is 5.32 Å². The van der Waals surface area contributed by atoms with Crippen molar-refractivity contribution in [1.29, 1.82) is 0 Å². The third-order valence-corrected chi connectivity index (χ3v) is 7.47. The average Bonchev–Trinajstić information content (AvgIpc) is 2.74. The molecule has 0 aromatic heterocycles. The minimum absolute atomic E-state index is 0.0836. The first-order valence-corrected chi connectivity index (χ1v) is 11.4. The lowest BCUT2D eigenvalue weighted by atomic mass is 9.97. The Balaban J connectivity index is 1.56. The molecule has 0 radical (unpaired) electrons. The van der Waals surface area contributed by atoms with Crippen molar-refractivity contribution < 1.29 is 22.5 Å². The molecule has 1 saturated heterocycles. The van der Waals surface area contributed by atoms with E-state index in [1.54, 1.807) is 19.1 Å². The van der Waals surface area contributed by atoms with E-state index in [0.717, 1.165) is 11.6 Å². The van der Waals surface area contributed by atoms with Gasteiger partial charge in [0.2, 0.25) is 15.9 Å². The summed E-state index contributed by atoms with van der Waals surface area (Å²) in [7, 11) is -3.89. The van der Waals surface area contributed by atoms with Crippen molar-refractivity contribution in [2.24, 2.45) is 5.92 Å². The molecule has 2 aromatic carbocycles. The molecule has 1 aliphatic heterocycles. The van der Waals surface area contributed by atoms with Crippen molar-refractivity contribution in [1.82, 2.24) is 9.62 Å². The third kappa shape index (κ3) is 5.45. The molecular formula is C21H24FN3O5S. The van der Waals surface area contributed by atoms with Gasteiger partial charge < -0.3 is 5.32 Å². The normalized spacial score (nSPS) is 15.5. The molecule has 2 aromatic rings. The van der Waals surface area contributed by atoms with Crippen molar-refractivity contribution in [3.05, 3.63) is 69.5 Å². The van der Waals surface area contributed by atoms with Gasteiger partial charge in [0.25, 0.3) is 5.69 Å². The number of amides is 1. The van der Waals surface area contributed by atoms with E-state index in [4.69, 9.17) is 0 Å². The molecule has 1 amide bonds. The Kier molecular flexibility index (Phi) is 7.01. The van der Waals surface area contributed by atoms with Crippen molar-refractivity contribution in [3.8, 4) is 0 Å². The summed E-state index contributed by atoms with van der Waals surface area (Å²) in [6.45, 7) is 2.28. The SMILES string of the molecule is Cc1ccc([N+](=O)[O-])cc1S(=O)(=O)N1CCC(C(=O)NCCc2cccc(F)c2)CC1. The van der Waals surface area contributed by atoms with Crippen molar-refractivity contribution >= 4 is 21.6 Å². The number of nitro benzene ring substituents is 1. The predicted octanol–water partition coefficient (Wildman–Crippen LogP) is 2.80. The van der Waals surface area contributed by atoms with Crippen molar-refractivity contribution in [2.75, 3.05) is 19.6 Å². The van der Waals surface area contributed by atoms with E-state index in [1.165, 1.54) is 28.6 Å². The number of sulfonamides is 1. The molecule has 1 fully saturated rings. The fourth-order valence-electron chi connectivity index (χ4n) is 3.64. The van der Waals surface area contributed by atoms with Gasteiger partial charge in [0.15, 0.2) is 0 Å². The summed E-state index contributed by atoms with van der Waals surface area (Å²) in [5, 5.41) is 13.8. The van der Waals surface area contributed by atoms with Gasteiger partial charge in [-0.2, -0.15) is 4.31 Å². The second-order valence-electron chi connectivity index (χ2n) is 7.56. The maximum Gasteiger partial charge on any atom is 0.270 e. The van der Waals surface area contributed by atoms with Crippen LogP contribution in [0.2, 0.25) is 0 Å². The summed E-state index contributed by atoms with van der Waals surface area (Å²) < 4.78 is 40.5. The molecule has 0 bridgehead atoms. The van der Waals surface area contributed by atoms with Gasteiger partial charge in [0.1, 0.15) is 5.82 Å². The van der Waals surface area contributed by atoms with E-state index >= 15 is 0 Å². The van der Waals surface area contributed by atoms with Crippen LogP contribution in [0.15, 0.2) is 47.4 Å². The zero-order valence-electron chi connectivity index (χ0n) is 17.1. The molecule has 0 aliphatic carbocycles. The summed E-state index contributed by atoms with van der Waals surface area (Å²) in [6, 6.07) is 9.96. The largest absolute Gasteiger partial charge is 0.356 e. The smallest absolute Gasteiger partial charge is 0.270 e. The number of nitrogens with one attached hydrogen (secondary N) is 1. The van der Waals surface area contributed by atoms with Crippen LogP contribution in [0.5, 0.6) is 0 Å². The quantitative estimate of drug-likeness (QED) is 0.516. The number of benzene rings is 2. The molecule has 0 saturated carbocycles. The van der Waals surface area contributed by atoms with Crippen molar-refractivity contribution in [2.45, 2.75) is 31.1 Å². The highest BCUT2D eigenvalue weighted by Crippen LogP contribution is 2.28. The lowest BCUT2D eigenvalue weighted by Crippen LogP contribution is -2.43. The number of halogens is 1. The third-order valence-electron chi connectivity index (χ3n) is 5.43. The van der Waals surface area contributed by atoms with Crippen LogP contribution in [0.1, 0.15) is 24.0 Å². The fourth-order valence-corrected chi connectivity index (χ4v) is 5.36. The highest BCUT2D eigenvalue weighted by molar-refractivity contribution is 7.89. The number of hydrogen-bond donors (Lipinski definition) is 1. The number of nitrogens with zero attached hydrogens (tertiary/aromatic N) is 2. The van der Waals surface area contributed by atoms with Crippen molar-refractivity contribution in [3.63, 3.8) is 0 Å². The number of hydrogen-bond acceptors (Lipinski definition) is 5. The lowest BCUT2D eigenvalue weighted by molar-refractivity contribution is -0.385. The second kappa shape index (κ2) is 9.52. The van der Waals surface area contributed by atoms with E-state index in [1.807, 2.05) is 0 Å². The molecule has 0 atom stereocenters. The lowest BCUT2D eigenvalue weighted by Gasteiger charge is -2.30. The molecule has 1 heterocycles. The Morgan fingerprint density at radius 3 is 2.58 bits per heavy atom. The van der Waals surface area contributed by atoms with Crippen LogP contribution in [0.3, 0.4) is 0 Å². The monoisotopic (exact) mass is 449 g/mol. The van der Waals surface area contributed by atoms with Gasteiger partial charge in [-0.3, -0.25) is 14.9 Å². The first-order valence-electron chi connectivity index (χ1n) is 9.96. The molecule has 166 valence electrons. The Morgan fingerprint density at radius 1 is 1.23 bits per heavy atom.